The highest BCUT2D eigenvalue weighted by atomic mass is 32.1. The van der Waals surface area contributed by atoms with Crippen LogP contribution in [0.1, 0.15) is 30.7 Å². The molecule has 1 aliphatic carbocycles. The van der Waals surface area contributed by atoms with Crippen LogP contribution in [0.25, 0.3) is 10.2 Å². The number of aromatic nitrogens is 2. The van der Waals surface area contributed by atoms with E-state index in [1.54, 1.807) is 15.9 Å². The van der Waals surface area contributed by atoms with E-state index in [-0.39, 0.29) is 11.7 Å². The number of aromatic amines is 1. The van der Waals surface area contributed by atoms with Gasteiger partial charge in [-0.2, -0.15) is 0 Å². The molecular weight excluding hydrogens is 292 g/mol. The average Bonchev–Trinajstić information content (AvgIpc) is 2.92. The molecule has 6 heteroatoms. The van der Waals surface area contributed by atoms with Crippen molar-refractivity contribution in [2.24, 2.45) is 0 Å². The second-order valence-corrected chi connectivity index (χ2v) is 6.86. The van der Waals surface area contributed by atoms with E-state index in [1.807, 2.05) is 13.8 Å². The average molecular weight is 310 g/mol. The molecule has 1 N–H and O–H groups in total. The van der Waals surface area contributed by atoms with Crippen molar-refractivity contribution in [3.63, 3.8) is 0 Å². The van der Waals surface area contributed by atoms with Gasteiger partial charge >= 0.3 is 0 Å². The number of fused-ring (bicyclic) bond motifs is 3. The van der Waals surface area contributed by atoms with Gasteiger partial charge in [0.05, 0.1) is 24.6 Å². The van der Waals surface area contributed by atoms with Gasteiger partial charge in [0.2, 0.25) is 0 Å². The minimum absolute atomic E-state index is 0.0375. The van der Waals surface area contributed by atoms with Crippen molar-refractivity contribution < 1.29 is 4.74 Å². The Labute approximate surface area is 126 Å². The highest BCUT2D eigenvalue weighted by Crippen LogP contribution is 2.34. The molecule has 0 spiro atoms. The van der Waals surface area contributed by atoms with E-state index in [1.165, 1.54) is 10.4 Å². The van der Waals surface area contributed by atoms with Crippen LogP contribution >= 0.6 is 23.6 Å². The summed E-state index contributed by atoms with van der Waals surface area (Å²) in [6, 6.07) is 0. The quantitative estimate of drug-likeness (QED) is 0.883. The normalized spacial score (nSPS) is 14.3. The zero-order valence-electron chi connectivity index (χ0n) is 11.7. The standard InChI is InChI=1S/C14H18N2O2S2/c1-8(2)18-7-6-16-13(17)11-9-4-3-5-10(9)20-12(11)15-14(16)19/h8H,3-7H2,1-2H3,(H,15,19). The van der Waals surface area contributed by atoms with Gasteiger partial charge in [-0.1, -0.05) is 0 Å². The molecule has 20 heavy (non-hydrogen) atoms. The lowest BCUT2D eigenvalue weighted by Crippen LogP contribution is -2.25. The fourth-order valence-corrected chi connectivity index (χ4v) is 4.31. The van der Waals surface area contributed by atoms with Crippen molar-refractivity contribution in [3.05, 3.63) is 25.6 Å². The van der Waals surface area contributed by atoms with Gasteiger partial charge in [-0.15, -0.1) is 11.3 Å². The van der Waals surface area contributed by atoms with E-state index < -0.39 is 0 Å². The van der Waals surface area contributed by atoms with Gasteiger partial charge in [-0.05, 0) is 50.9 Å². The van der Waals surface area contributed by atoms with E-state index in [0.717, 1.165) is 29.5 Å². The molecule has 2 heterocycles. The lowest BCUT2D eigenvalue weighted by Gasteiger charge is -2.10. The molecule has 2 aromatic heterocycles. The molecular formula is C14H18N2O2S2. The first-order valence-corrected chi connectivity index (χ1v) is 8.19. The van der Waals surface area contributed by atoms with Crippen LogP contribution < -0.4 is 5.56 Å². The number of rotatable bonds is 4. The first kappa shape index (κ1) is 14.0. The molecule has 3 rings (SSSR count). The highest BCUT2D eigenvalue weighted by molar-refractivity contribution is 7.71. The molecule has 0 bridgehead atoms. The SMILES string of the molecule is CC(C)OCCn1c(=S)[nH]c2sc3c(c2c1=O)CCC3. The summed E-state index contributed by atoms with van der Waals surface area (Å²) in [4.78, 5) is 18.2. The summed E-state index contributed by atoms with van der Waals surface area (Å²) in [6.07, 6.45) is 3.42. The zero-order chi connectivity index (χ0) is 14.3. The number of ether oxygens (including phenoxy) is 1. The number of thiophene rings is 1. The number of nitrogens with one attached hydrogen (secondary N) is 1. The first-order valence-electron chi connectivity index (χ1n) is 6.97. The Morgan fingerprint density at radius 2 is 2.25 bits per heavy atom. The van der Waals surface area contributed by atoms with Crippen molar-refractivity contribution >= 4 is 33.8 Å². The van der Waals surface area contributed by atoms with Crippen molar-refractivity contribution in [1.29, 1.82) is 0 Å². The largest absolute Gasteiger partial charge is 0.377 e. The molecule has 4 nitrogen and oxygen atoms in total. The van der Waals surface area contributed by atoms with E-state index >= 15 is 0 Å². The first-order chi connectivity index (χ1) is 9.58. The Kier molecular flexibility index (Phi) is 3.79. The number of H-pyrrole nitrogens is 1. The molecule has 0 saturated carbocycles. The molecule has 108 valence electrons. The van der Waals surface area contributed by atoms with Crippen molar-refractivity contribution in [2.45, 2.75) is 45.8 Å². The fourth-order valence-electron chi connectivity index (χ4n) is 2.69. The van der Waals surface area contributed by atoms with Crippen LogP contribution in [0.15, 0.2) is 4.79 Å². The van der Waals surface area contributed by atoms with Gasteiger partial charge in [0.25, 0.3) is 5.56 Å². The molecule has 2 aromatic rings. The van der Waals surface area contributed by atoms with Crippen LogP contribution in [-0.2, 0) is 24.1 Å². The summed E-state index contributed by atoms with van der Waals surface area (Å²) >= 11 is 7.00. The maximum absolute atomic E-state index is 12.7. The van der Waals surface area contributed by atoms with Gasteiger partial charge in [-0.3, -0.25) is 9.36 Å². The minimum Gasteiger partial charge on any atom is -0.377 e. The molecule has 0 aromatic carbocycles. The molecule has 0 atom stereocenters. The van der Waals surface area contributed by atoms with E-state index in [4.69, 9.17) is 17.0 Å². The predicted molar refractivity (Wildman–Crippen MR) is 84.4 cm³/mol. The predicted octanol–water partition coefficient (Wildman–Crippen LogP) is 3.03. The smallest absolute Gasteiger partial charge is 0.263 e. The van der Waals surface area contributed by atoms with Crippen molar-refractivity contribution in [2.75, 3.05) is 6.61 Å². The molecule has 0 aliphatic heterocycles. The topological polar surface area (TPSA) is 47.0 Å². The Morgan fingerprint density at radius 1 is 1.45 bits per heavy atom. The van der Waals surface area contributed by atoms with Gasteiger partial charge < -0.3 is 9.72 Å². The second-order valence-electron chi connectivity index (χ2n) is 5.37. The molecule has 0 fully saturated rings. The molecule has 0 saturated heterocycles. The third-order valence-corrected chi connectivity index (χ3v) is 5.14. The summed E-state index contributed by atoms with van der Waals surface area (Å²) in [5.41, 5.74) is 1.27. The second kappa shape index (κ2) is 5.42. The summed E-state index contributed by atoms with van der Waals surface area (Å²) < 4.78 is 7.65. The number of hydrogen-bond acceptors (Lipinski definition) is 4. The monoisotopic (exact) mass is 310 g/mol. The minimum atomic E-state index is 0.0375. The molecule has 0 unspecified atom stereocenters. The third kappa shape index (κ3) is 2.36. The maximum Gasteiger partial charge on any atom is 0.263 e. The van der Waals surface area contributed by atoms with E-state index in [2.05, 4.69) is 4.98 Å². The summed E-state index contributed by atoms with van der Waals surface area (Å²) in [5, 5.41) is 0.848. The van der Waals surface area contributed by atoms with E-state index in [0.29, 0.717) is 17.9 Å². The van der Waals surface area contributed by atoms with Crippen LogP contribution in [-0.4, -0.2) is 22.3 Å². The van der Waals surface area contributed by atoms with Crippen LogP contribution in [0.4, 0.5) is 0 Å². The Balaban J connectivity index is 2.04. The van der Waals surface area contributed by atoms with Gasteiger partial charge in [0, 0.05) is 4.88 Å². The highest BCUT2D eigenvalue weighted by Gasteiger charge is 2.21. The zero-order valence-corrected chi connectivity index (χ0v) is 13.3. The third-order valence-electron chi connectivity index (χ3n) is 3.61. The Bertz CT molecular complexity index is 755. The van der Waals surface area contributed by atoms with Gasteiger partial charge in [-0.25, -0.2) is 0 Å². The molecule has 1 aliphatic rings. The lowest BCUT2D eigenvalue weighted by atomic mass is 10.2. The van der Waals surface area contributed by atoms with Crippen LogP contribution in [0.5, 0.6) is 0 Å². The summed E-state index contributed by atoms with van der Waals surface area (Å²) in [5.74, 6) is 0. The lowest BCUT2D eigenvalue weighted by molar-refractivity contribution is 0.0720. The summed E-state index contributed by atoms with van der Waals surface area (Å²) in [6.45, 7) is 4.98. The summed E-state index contributed by atoms with van der Waals surface area (Å²) in [7, 11) is 0. The van der Waals surface area contributed by atoms with Crippen LogP contribution in [0.2, 0.25) is 0 Å². The Morgan fingerprint density at radius 3 is 3.00 bits per heavy atom. The van der Waals surface area contributed by atoms with Crippen molar-refractivity contribution in [3.8, 4) is 0 Å². The van der Waals surface area contributed by atoms with Crippen LogP contribution in [0.3, 0.4) is 0 Å². The fraction of sp³-hybridized carbons (Fsp3) is 0.571. The van der Waals surface area contributed by atoms with Gasteiger partial charge in [0.1, 0.15) is 4.83 Å². The molecule has 0 radical (unpaired) electrons. The Hall–Kier alpha value is -0.980. The van der Waals surface area contributed by atoms with Gasteiger partial charge in [0.15, 0.2) is 4.77 Å². The number of nitrogens with zero attached hydrogens (tertiary/aromatic N) is 1. The van der Waals surface area contributed by atoms with Crippen LogP contribution in [0, 0.1) is 4.77 Å². The van der Waals surface area contributed by atoms with Crippen molar-refractivity contribution in [1.82, 2.24) is 9.55 Å². The van der Waals surface area contributed by atoms with E-state index in [9.17, 15) is 4.79 Å². The molecule has 0 amide bonds. The number of aryl methyl sites for hydroxylation is 2. The maximum atomic E-state index is 12.7. The number of hydrogen-bond donors (Lipinski definition) is 1.